The van der Waals surface area contributed by atoms with Gasteiger partial charge < -0.3 is 0 Å². The number of thiophene rings is 1. The molecule has 4 aromatic rings. The van der Waals surface area contributed by atoms with Gasteiger partial charge in [-0.25, -0.2) is 15.0 Å². The molecular formula is C17H13N5S2. The van der Waals surface area contributed by atoms with Crippen LogP contribution in [0.5, 0.6) is 0 Å². The van der Waals surface area contributed by atoms with Gasteiger partial charge in [0.15, 0.2) is 0 Å². The van der Waals surface area contributed by atoms with Crippen LogP contribution in [0.4, 0.5) is 0 Å². The molecule has 0 amide bonds. The Labute approximate surface area is 146 Å². The molecule has 118 valence electrons. The zero-order valence-electron chi connectivity index (χ0n) is 12.6. The Balaban J connectivity index is 1.58. The fourth-order valence-corrected chi connectivity index (χ4v) is 4.48. The van der Waals surface area contributed by atoms with E-state index in [1.165, 1.54) is 30.2 Å². The van der Waals surface area contributed by atoms with Crippen molar-refractivity contribution < 1.29 is 0 Å². The van der Waals surface area contributed by atoms with Crippen molar-refractivity contribution in [3.63, 3.8) is 0 Å². The highest BCUT2D eigenvalue weighted by Gasteiger charge is 2.27. The minimum Gasteiger partial charge on any atom is -0.262 e. The van der Waals surface area contributed by atoms with Gasteiger partial charge in [0.1, 0.15) is 22.0 Å². The Morgan fingerprint density at radius 2 is 2.00 bits per heavy atom. The smallest absolute Gasteiger partial charge is 0.214 e. The summed E-state index contributed by atoms with van der Waals surface area (Å²) in [6.07, 6.45) is 4.03. The van der Waals surface area contributed by atoms with Crippen LogP contribution in [0.1, 0.15) is 24.6 Å². The van der Waals surface area contributed by atoms with Crippen LogP contribution in [0.25, 0.3) is 21.3 Å². The summed E-state index contributed by atoms with van der Waals surface area (Å²) in [6.45, 7) is 0. The number of hydrogen-bond acceptors (Lipinski definition) is 6. The number of rotatable bonds is 4. The van der Waals surface area contributed by atoms with Gasteiger partial charge in [0.2, 0.25) is 5.16 Å². The van der Waals surface area contributed by atoms with E-state index < -0.39 is 0 Å². The Morgan fingerprint density at radius 3 is 2.83 bits per heavy atom. The minimum absolute atomic E-state index is 0.568. The van der Waals surface area contributed by atoms with Crippen molar-refractivity contribution in [1.29, 1.82) is 0 Å². The van der Waals surface area contributed by atoms with Gasteiger partial charge in [-0.3, -0.25) is 5.10 Å². The van der Waals surface area contributed by atoms with E-state index in [-0.39, 0.29) is 0 Å². The summed E-state index contributed by atoms with van der Waals surface area (Å²) < 4.78 is 0. The molecule has 0 spiro atoms. The molecule has 24 heavy (non-hydrogen) atoms. The predicted octanol–water partition coefficient (Wildman–Crippen LogP) is 4.51. The molecule has 1 aliphatic rings. The van der Waals surface area contributed by atoms with Crippen molar-refractivity contribution in [2.45, 2.75) is 28.9 Å². The van der Waals surface area contributed by atoms with Crippen LogP contribution in [-0.2, 0) is 0 Å². The maximum absolute atomic E-state index is 4.60. The van der Waals surface area contributed by atoms with Gasteiger partial charge in [0.05, 0.1) is 5.39 Å². The number of aromatic amines is 1. The molecule has 5 rings (SSSR count). The molecule has 0 aliphatic heterocycles. The average Bonchev–Trinajstić information content (AvgIpc) is 3.21. The molecule has 0 atom stereocenters. The van der Waals surface area contributed by atoms with E-state index in [0.717, 1.165) is 31.8 Å². The van der Waals surface area contributed by atoms with Gasteiger partial charge in [-0.15, -0.1) is 16.4 Å². The van der Waals surface area contributed by atoms with Gasteiger partial charge in [-0.05, 0) is 30.2 Å². The predicted molar refractivity (Wildman–Crippen MR) is 95.3 cm³/mol. The van der Waals surface area contributed by atoms with Gasteiger partial charge in [-0.1, -0.05) is 30.3 Å². The standard InChI is InChI=1S/C17H13N5S2/c1-2-4-10(5-3-1)12-8-23-15-13(12)16(19-9-18-15)24-17-20-14(21-22-17)11-6-7-11/h1-5,8-9,11H,6-7H2,(H,20,21,22). The highest BCUT2D eigenvalue weighted by atomic mass is 32.2. The minimum atomic E-state index is 0.568. The van der Waals surface area contributed by atoms with Crippen molar-refractivity contribution in [3.8, 4) is 11.1 Å². The highest BCUT2D eigenvalue weighted by molar-refractivity contribution is 7.99. The number of benzene rings is 1. The van der Waals surface area contributed by atoms with Crippen molar-refractivity contribution in [1.82, 2.24) is 25.1 Å². The van der Waals surface area contributed by atoms with E-state index in [0.29, 0.717) is 5.92 Å². The third-order valence-electron chi connectivity index (χ3n) is 4.05. The molecule has 5 nitrogen and oxygen atoms in total. The first kappa shape index (κ1) is 14.1. The maximum atomic E-state index is 4.60. The second kappa shape index (κ2) is 5.68. The summed E-state index contributed by atoms with van der Waals surface area (Å²) in [5.74, 6) is 1.56. The lowest BCUT2D eigenvalue weighted by Gasteiger charge is -2.03. The van der Waals surface area contributed by atoms with Crippen LogP contribution < -0.4 is 0 Å². The van der Waals surface area contributed by atoms with E-state index in [2.05, 4.69) is 42.7 Å². The van der Waals surface area contributed by atoms with E-state index >= 15 is 0 Å². The first-order valence-corrected chi connectivity index (χ1v) is 9.46. The summed E-state index contributed by atoms with van der Waals surface area (Å²) in [7, 11) is 0. The van der Waals surface area contributed by atoms with E-state index in [9.17, 15) is 0 Å². The maximum Gasteiger partial charge on any atom is 0.214 e. The zero-order chi connectivity index (χ0) is 15.9. The fourth-order valence-electron chi connectivity index (χ4n) is 2.68. The molecule has 7 heteroatoms. The molecule has 1 aromatic carbocycles. The van der Waals surface area contributed by atoms with Crippen molar-refractivity contribution >= 4 is 33.3 Å². The van der Waals surface area contributed by atoms with Gasteiger partial charge in [0.25, 0.3) is 0 Å². The Kier molecular flexibility index (Phi) is 3.34. The van der Waals surface area contributed by atoms with Crippen LogP contribution in [-0.4, -0.2) is 25.1 Å². The molecular weight excluding hydrogens is 338 g/mol. The van der Waals surface area contributed by atoms with Crippen LogP contribution in [0.15, 0.2) is 52.2 Å². The molecule has 3 heterocycles. The third kappa shape index (κ3) is 2.50. The van der Waals surface area contributed by atoms with E-state index in [1.54, 1.807) is 17.7 Å². The quantitative estimate of drug-likeness (QED) is 0.548. The summed E-state index contributed by atoms with van der Waals surface area (Å²) >= 11 is 3.14. The SMILES string of the molecule is c1ccc(-c2csc3ncnc(Sc4n[nH]c(C5CC5)n4)c23)cc1. The van der Waals surface area contributed by atoms with Gasteiger partial charge >= 0.3 is 0 Å². The summed E-state index contributed by atoms with van der Waals surface area (Å²) in [5.41, 5.74) is 2.34. The molecule has 1 saturated carbocycles. The van der Waals surface area contributed by atoms with E-state index in [1.807, 2.05) is 18.2 Å². The Hall–Kier alpha value is -2.25. The van der Waals surface area contributed by atoms with Crippen LogP contribution >= 0.6 is 23.1 Å². The van der Waals surface area contributed by atoms with Crippen LogP contribution in [0.2, 0.25) is 0 Å². The average molecular weight is 351 g/mol. The van der Waals surface area contributed by atoms with Crippen LogP contribution in [0.3, 0.4) is 0 Å². The fraction of sp³-hybridized carbons (Fsp3) is 0.176. The summed E-state index contributed by atoms with van der Waals surface area (Å²) in [4.78, 5) is 14.5. The number of nitrogens with one attached hydrogen (secondary N) is 1. The molecule has 0 bridgehead atoms. The summed E-state index contributed by atoms with van der Waals surface area (Å²) in [5, 5.41) is 12.2. The summed E-state index contributed by atoms with van der Waals surface area (Å²) in [6, 6.07) is 10.3. The number of H-pyrrole nitrogens is 1. The largest absolute Gasteiger partial charge is 0.262 e. The third-order valence-corrected chi connectivity index (χ3v) is 5.81. The van der Waals surface area contributed by atoms with Gasteiger partial charge in [0, 0.05) is 16.9 Å². The lowest BCUT2D eigenvalue weighted by molar-refractivity contribution is 0.931. The zero-order valence-corrected chi connectivity index (χ0v) is 14.3. The van der Waals surface area contributed by atoms with Crippen molar-refractivity contribution in [2.75, 3.05) is 0 Å². The first-order valence-electron chi connectivity index (χ1n) is 7.76. The molecule has 3 aromatic heterocycles. The molecule has 0 unspecified atom stereocenters. The Morgan fingerprint density at radius 1 is 1.12 bits per heavy atom. The normalized spacial score (nSPS) is 14.3. The molecule has 0 radical (unpaired) electrons. The second-order valence-electron chi connectivity index (χ2n) is 5.75. The van der Waals surface area contributed by atoms with Crippen molar-refractivity contribution in [2.24, 2.45) is 0 Å². The monoisotopic (exact) mass is 351 g/mol. The lowest BCUT2D eigenvalue weighted by atomic mass is 10.1. The Bertz CT molecular complexity index is 1000. The molecule has 1 aliphatic carbocycles. The topological polar surface area (TPSA) is 67.3 Å². The number of fused-ring (bicyclic) bond motifs is 1. The molecule has 0 saturated heterocycles. The highest BCUT2D eigenvalue weighted by Crippen LogP contribution is 2.41. The van der Waals surface area contributed by atoms with Gasteiger partial charge in [-0.2, -0.15) is 0 Å². The molecule has 1 N–H and O–H groups in total. The van der Waals surface area contributed by atoms with Crippen LogP contribution in [0, 0.1) is 0 Å². The second-order valence-corrected chi connectivity index (χ2v) is 7.57. The lowest BCUT2D eigenvalue weighted by Crippen LogP contribution is -1.87. The number of nitrogens with zero attached hydrogens (tertiary/aromatic N) is 4. The van der Waals surface area contributed by atoms with Crippen molar-refractivity contribution in [3.05, 3.63) is 47.9 Å². The number of aromatic nitrogens is 5. The van der Waals surface area contributed by atoms with E-state index in [4.69, 9.17) is 0 Å². The first-order chi connectivity index (χ1) is 11.9. The number of hydrogen-bond donors (Lipinski definition) is 1. The molecule has 1 fully saturated rings.